The summed E-state index contributed by atoms with van der Waals surface area (Å²) < 4.78 is 16.4. The van der Waals surface area contributed by atoms with Gasteiger partial charge in [0.25, 0.3) is 0 Å². The number of Topliss-reactive ketones (excluding diaryl/α,β-unsaturated/α-hetero) is 1. The summed E-state index contributed by atoms with van der Waals surface area (Å²) in [6.45, 7) is 5.52. The number of amides is 1. The van der Waals surface area contributed by atoms with E-state index in [0.29, 0.717) is 23.4 Å². The molecule has 0 aliphatic heterocycles. The molecule has 34 heavy (non-hydrogen) atoms. The molecule has 0 aliphatic rings. The number of aliphatic hydroxyl groups excluding tert-OH is 1. The molecule has 0 aromatic heterocycles. The van der Waals surface area contributed by atoms with Crippen molar-refractivity contribution in [1.82, 2.24) is 0 Å². The zero-order valence-electron chi connectivity index (χ0n) is 19.6. The SMILES string of the molecule is CC(=O)c1ccc(NC(=O)O[C@@H](c2ccc(OCCO)cc2)C(C)(C)CCOC(=O)CS)cc1. The summed E-state index contributed by atoms with van der Waals surface area (Å²) in [5.41, 5.74) is 1.16. The number of hydrogen-bond donors (Lipinski definition) is 3. The molecule has 8 nitrogen and oxygen atoms in total. The van der Waals surface area contributed by atoms with E-state index < -0.39 is 23.6 Å². The van der Waals surface area contributed by atoms with Crippen LogP contribution in [0, 0.1) is 5.41 Å². The molecule has 0 fully saturated rings. The number of hydrogen-bond acceptors (Lipinski definition) is 8. The van der Waals surface area contributed by atoms with Gasteiger partial charge in [0, 0.05) is 16.7 Å². The van der Waals surface area contributed by atoms with Crippen molar-refractivity contribution in [3.8, 4) is 5.75 Å². The monoisotopic (exact) mass is 489 g/mol. The third kappa shape index (κ3) is 8.39. The van der Waals surface area contributed by atoms with Gasteiger partial charge in [-0.3, -0.25) is 14.9 Å². The highest BCUT2D eigenvalue weighted by molar-refractivity contribution is 7.81. The van der Waals surface area contributed by atoms with E-state index in [4.69, 9.17) is 19.3 Å². The molecule has 0 heterocycles. The van der Waals surface area contributed by atoms with Crippen LogP contribution in [0.25, 0.3) is 0 Å². The molecule has 2 rings (SSSR count). The van der Waals surface area contributed by atoms with Crippen molar-refractivity contribution >= 4 is 36.2 Å². The van der Waals surface area contributed by atoms with Crippen LogP contribution in [0.4, 0.5) is 10.5 Å². The van der Waals surface area contributed by atoms with Crippen molar-refractivity contribution in [3.05, 3.63) is 59.7 Å². The molecule has 0 spiro atoms. The minimum absolute atomic E-state index is 0.0134. The van der Waals surface area contributed by atoms with Crippen LogP contribution in [0.2, 0.25) is 0 Å². The molecule has 0 saturated heterocycles. The molecule has 1 atom stereocenters. The zero-order chi connectivity index (χ0) is 25.1. The molecule has 0 aliphatic carbocycles. The Bertz CT molecular complexity index is 958. The van der Waals surface area contributed by atoms with Crippen LogP contribution in [0.5, 0.6) is 5.75 Å². The second-order valence-corrected chi connectivity index (χ2v) is 8.62. The lowest BCUT2D eigenvalue weighted by Gasteiger charge is -2.34. The Labute approximate surface area is 205 Å². The first kappa shape index (κ1) is 27.2. The molecule has 0 unspecified atom stereocenters. The van der Waals surface area contributed by atoms with Crippen molar-refractivity contribution in [3.63, 3.8) is 0 Å². The maximum atomic E-state index is 12.8. The summed E-state index contributed by atoms with van der Waals surface area (Å²) in [4.78, 5) is 35.7. The Hall–Kier alpha value is -3.04. The quantitative estimate of drug-likeness (QED) is 0.230. The minimum atomic E-state index is -0.675. The van der Waals surface area contributed by atoms with Crippen LogP contribution in [-0.4, -0.2) is 48.5 Å². The lowest BCUT2D eigenvalue weighted by molar-refractivity contribution is -0.141. The van der Waals surface area contributed by atoms with Gasteiger partial charge in [0.1, 0.15) is 18.5 Å². The topological polar surface area (TPSA) is 111 Å². The Kier molecular flexibility index (Phi) is 10.4. The van der Waals surface area contributed by atoms with Crippen molar-refractivity contribution in [2.24, 2.45) is 5.41 Å². The predicted octanol–water partition coefficient (Wildman–Crippen LogP) is 4.44. The van der Waals surface area contributed by atoms with E-state index in [-0.39, 0.29) is 31.4 Å². The molecule has 1 amide bonds. The number of esters is 1. The number of ether oxygens (including phenoxy) is 3. The highest BCUT2D eigenvalue weighted by Gasteiger charge is 2.34. The van der Waals surface area contributed by atoms with Gasteiger partial charge in [-0.15, -0.1) is 0 Å². The number of ketones is 1. The van der Waals surface area contributed by atoms with Crippen molar-refractivity contribution in [2.45, 2.75) is 33.3 Å². The summed E-state index contributed by atoms with van der Waals surface area (Å²) in [5, 5.41) is 11.6. The normalized spacial score (nSPS) is 11.9. The lowest BCUT2D eigenvalue weighted by Crippen LogP contribution is -2.30. The summed E-state index contributed by atoms with van der Waals surface area (Å²) in [7, 11) is 0. The number of carbonyl (C=O) groups is 3. The number of anilines is 1. The lowest BCUT2D eigenvalue weighted by atomic mass is 9.80. The standard InChI is InChI=1S/C25H31NO7S/c1-17(28)18-4-8-20(9-5-18)26-24(30)33-23(25(2,3)12-14-32-22(29)16-34)19-6-10-21(11-7-19)31-15-13-27/h4-11,23,27,34H,12-16H2,1-3H3,(H,26,30)/t23-/m0/s1. The van der Waals surface area contributed by atoms with Crippen molar-refractivity contribution < 1.29 is 33.7 Å². The first-order valence-electron chi connectivity index (χ1n) is 10.8. The Morgan fingerprint density at radius 2 is 1.68 bits per heavy atom. The first-order valence-corrected chi connectivity index (χ1v) is 11.5. The molecule has 0 radical (unpaired) electrons. The summed E-state index contributed by atoms with van der Waals surface area (Å²) >= 11 is 3.90. The number of aliphatic hydroxyl groups is 1. The highest BCUT2D eigenvalue weighted by atomic mass is 32.1. The number of thiol groups is 1. The molecule has 2 N–H and O–H groups in total. The minimum Gasteiger partial charge on any atom is -0.491 e. The first-order chi connectivity index (χ1) is 16.2. The molecule has 184 valence electrons. The fraction of sp³-hybridized carbons (Fsp3) is 0.400. The van der Waals surface area contributed by atoms with Gasteiger partial charge >= 0.3 is 12.1 Å². The van der Waals surface area contributed by atoms with Gasteiger partial charge in [0.2, 0.25) is 0 Å². The number of carbonyl (C=O) groups excluding carboxylic acids is 3. The molecule has 0 saturated carbocycles. The summed E-state index contributed by atoms with van der Waals surface area (Å²) in [6.07, 6.45) is -0.909. The Morgan fingerprint density at radius 1 is 1.03 bits per heavy atom. The Morgan fingerprint density at radius 3 is 2.24 bits per heavy atom. The van der Waals surface area contributed by atoms with E-state index in [9.17, 15) is 14.4 Å². The van der Waals surface area contributed by atoms with Gasteiger partial charge in [-0.25, -0.2) is 4.79 Å². The van der Waals surface area contributed by atoms with Crippen LogP contribution < -0.4 is 10.1 Å². The van der Waals surface area contributed by atoms with Crippen LogP contribution in [0.15, 0.2) is 48.5 Å². The van der Waals surface area contributed by atoms with Crippen LogP contribution in [0.1, 0.15) is 49.2 Å². The van der Waals surface area contributed by atoms with Gasteiger partial charge in [-0.2, -0.15) is 12.6 Å². The molecule has 2 aromatic rings. The molecule has 2 aromatic carbocycles. The third-order valence-electron chi connectivity index (χ3n) is 5.15. The number of benzene rings is 2. The van der Waals surface area contributed by atoms with Gasteiger partial charge < -0.3 is 19.3 Å². The van der Waals surface area contributed by atoms with E-state index in [0.717, 1.165) is 5.56 Å². The van der Waals surface area contributed by atoms with E-state index >= 15 is 0 Å². The second kappa shape index (κ2) is 13.0. The summed E-state index contributed by atoms with van der Waals surface area (Å²) in [6, 6.07) is 13.5. The molecular weight excluding hydrogens is 458 g/mol. The average molecular weight is 490 g/mol. The van der Waals surface area contributed by atoms with Crippen molar-refractivity contribution in [1.29, 1.82) is 0 Å². The Balaban J connectivity index is 2.18. The number of nitrogens with one attached hydrogen (secondary N) is 1. The van der Waals surface area contributed by atoms with E-state index in [1.807, 2.05) is 13.8 Å². The van der Waals surface area contributed by atoms with Crippen molar-refractivity contribution in [2.75, 3.05) is 30.9 Å². The molecular formula is C25H31NO7S. The van der Waals surface area contributed by atoms with Crippen LogP contribution in [-0.2, 0) is 14.3 Å². The molecule has 0 bridgehead atoms. The fourth-order valence-electron chi connectivity index (χ4n) is 3.23. The van der Waals surface area contributed by atoms with E-state index in [1.165, 1.54) is 6.92 Å². The maximum Gasteiger partial charge on any atom is 0.412 e. The zero-order valence-corrected chi connectivity index (χ0v) is 20.5. The van der Waals surface area contributed by atoms with Crippen LogP contribution in [0.3, 0.4) is 0 Å². The third-order valence-corrected chi connectivity index (χ3v) is 5.41. The van der Waals surface area contributed by atoms with Gasteiger partial charge in [0.15, 0.2) is 5.78 Å². The highest BCUT2D eigenvalue weighted by Crippen LogP contribution is 2.40. The smallest absolute Gasteiger partial charge is 0.412 e. The average Bonchev–Trinajstić information content (AvgIpc) is 2.81. The predicted molar refractivity (Wildman–Crippen MR) is 132 cm³/mol. The number of rotatable bonds is 12. The van der Waals surface area contributed by atoms with Gasteiger partial charge in [0.05, 0.1) is 19.0 Å². The van der Waals surface area contributed by atoms with Gasteiger partial charge in [-0.1, -0.05) is 26.0 Å². The van der Waals surface area contributed by atoms with E-state index in [2.05, 4.69) is 17.9 Å². The van der Waals surface area contributed by atoms with E-state index in [1.54, 1.807) is 48.5 Å². The van der Waals surface area contributed by atoms with Crippen LogP contribution >= 0.6 is 12.6 Å². The molecule has 9 heteroatoms. The fourth-order valence-corrected chi connectivity index (χ4v) is 3.32. The maximum absolute atomic E-state index is 12.8. The van der Waals surface area contributed by atoms with Gasteiger partial charge in [-0.05, 0) is 55.3 Å². The summed E-state index contributed by atoms with van der Waals surface area (Å²) in [5.74, 6) is 0.0716. The second-order valence-electron chi connectivity index (χ2n) is 8.30. The largest absolute Gasteiger partial charge is 0.491 e.